The molecule has 125 valence electrons. The Morgan fingerprint density at radius 1 is 1.12 bits per heavy atom. The third-order valence-corrected chi connectivity index (χ3v) is 13.9. The van der Waals surface area contributed by atoms with Crippen molar-refractivity contribution in [3.8, 4) is 0 Å². The van der Waals surface area contributed by atoms with Crippen molar-refractivity contribution in [3.63, 3.8) is 0 Å². The molecule has 0 nitrogen and oxygen atoms in total. The molecule has 4 heteroatoms. The Labute approximate surface area is 162 Å². The molecule has 0 heterocycles. The predicted octanol–water partition coefficient (Wildman–Crippen LogP) is 6.41. The first-order valence-corrected chi connectivity index (χ1v) is 21.6. The SMILES string of the molecule is CC1=CC=C2C(=C(C3=CC=CC3)C(C)=[C]2[Hf]([Cl])[Cl])C(C)C1=[Si](C)C. The minimum atomic E-state index is -2.70. The van der Waals surface area contributed by atoms with Crippen molar-refractivity contribution in [1.82, 2.24) is 0 Å². The van der Waals surface area contributed by atoms with Crippen LogP contribution in [0.25, 0.3) is 0 Å². The maximum absolute atomic E-state index is 6.60. The molecule has 0 aromatic heterocycles. The van der Waals surface area contributed by atoms with Gasteiger partial charge < -0.3 is 0 Å². The molecule has 0 aromatic carbocycles. The van der Waals surface area contributed by atoms with Gasteiger partial charge in [0, 0.05) is 0 Å². The summed E-state index contributed by atoms with van der Waals surface area (Å²) in [5.74, 6) is 0.446. The summed E-state index contributed by atoms with van der Waals surface area (Å²) in [6.45, 7) is 11.7. The zero-order chi connectivity index (χ0) is 17.6. The van der Waals surface area contributed by atoms with Crippen LogP contribution in [-0.4, -0.2) is 13.6 Å². The van der Waals surface area contributed by atoms with Crippen molar-refractivity contribution in [2.24, 2.45) is 5.92 Å². The summed E-state index contributed by atoms with van der Waals surface area (Å²) >= 11 is -2.70. The van der Waals surface area contributed by atoms with Crippen molar-refractivity contribution in [2.75, 3.05) is 0 Å². The Morgan fingerprint density at radius 2 is 1.83 bits per heavy atom. The van der Waals surface area contributed by atoms with Gasteiger partial charge in [0.1, 0.15) is 0 Å². The van der Waals surface area contributed by atoms with E-state index in [0.29, 0.717) is 5.92 Å². The first kappa shape index (κ1) is 18.8. The average Bonchev–Trinajstić information content (AvgIpc) is 3.06. The van der Waals surface area contributed by atoms with Crippen LogP contribution in [0.5, 0.6) is 0 Å². The Bertz CT molecular complexity index is 813. The zero-order valence-electron chi connectivity index (χ0n) is 14.9. The second-order valence-corrected chi connectivity index (χ2v) is 20.9. The van der Waals surface area contributed by atoms with Gasteiger partial charge in [-0.3, -0.25) is 0 Å². The molecule has 0 radical (unpaired) electrons. The van der Waals surface area contributed by atoms with E-state index in [4.69, 9.17) is 17.2 Å². The molecule has 0 saturated carbocycles. The van der Waals surface area contributed by atoms with Gasteiger partial charge in [0.25, 0.3) is 0 Å². The number of fused-ring (bicyclic) bond motifs is 1. The van der Waals surface area contributed by atoms with E-state index in [0.717, 1.165) is 6.42 Å². The monoisotopic (exact) mass is 541 g/mol. The van der Waals surface area contributed by atoms with Gasteiger partial charge >= 0.3 is 163 Å². The molecular weight excluding hydrogens is 518 g/mol. The van der Waals surface area contributed by atoms with Crippen LogP contribution in [0, 0.1) is 5.92 Å². The Hall–Kier alpha value is -0.0230. The van der Waals surface area contributed by atoms with Crippen molar-refractivity contribution < 1.29 is 19.1 Å². The van der Waals surface area contributed by atoms with Gasteiger partial charge in [-0.1, -0.05) is 0 Å². The second-order valence-electron chi connectivity index (χ2n) is 6.94. The molecule has 3 rings (SSSR count). The van der Waals surface area contributed by atoms with Gasteiger partial charge in [-0.25, -0.2) is 0 Å². The second kappa shape index (κ2) is 7.30. The summed E-state index contributed by atoms with van der Waals surface area (Å²) in [5, 5.41) is 1.63. The molecular formula is C20H23Cl2HfSi. The molecule has 0 N–H and O–H groups in total. The van der Waals surface area contributed by atoms with Crippen molar-refractivity contribution in [1.29, 1.82) is 0 Å². The summed E-state index contributed by atoms with van der Waals surface area (Å²) in [7, 11) is 12.7. The van der Waals surface area contributed by atoms with Crippen LogP contribution in [0.2, 0.25) is 13.1 Å². The minimum absolute atomic E-state index is 0.446. The Balaban J connectivity index is 2.29. The average molecular weight is 541 g/mol. The van der Waals surface area contributed by atoms with Crippen molar-refractivity contribution >= 4 is 30.7 Å². The van der Waals surface area contributed by atoms with E-state index >= 15 is 0 Å². The number of rotatable bonds is 2. The van der Waals surface area contributed by atoms with E-state index in [1.807, 2.05) is 0 Å². The number of halogens is 2. The molecule has 3 aliphatic rings. The third-order valence-electron chi connectivity index (χ3n) is 5.19. The van der Waals surface area contributed by atoms with Gasteiger partial charge in [-0.05, 0) is 0 Å². The molecule has 3 aliphatic carbocycles. The van der Waals surface area contributed by atoms with E-state index < -0.39 is 27.5 Å². The van der Waals surface area contributed by atoms with Crippen molar-refractivity contribution in [3.05, 3.63) is 67.1 Å². The maximum atomic E-state index is 6.60. The normalized spacial score (nSPS) is 23.2. The molecule has 0 aliphatic heterocycles. The molecule has 0 spiro atoms. The van der Waals surface area contributed by atoms with Crippen LogP contribution >= 0.6 is 17.2 Å². The van der Waals surface area contributed by atoms with E-state index in [9.17, 15) is 0 Å². The van der Waals surface area contributed by atoms with Crippen LogP contribution in [0.15, 0.2) is 67.1 Å². The fraction of sp³-hybridized carbons (Fsp3) is 0.350. The summed E-state index contributed by atoms with van der Waals surface area (Å²) in [5.41, 5.74) is 8.46. The topological polar surface area (TPSA) is 0 Å². The molecule has 24 heavy (non-hydrogen) atoms. The fourth-order valence-corrected chi connectivity index (χ4v) is 13.2. The van der Waals surface area contributed by atoms with E-state index in [1.54, 1.807) is 5.17 Å². The van der Waals surface area contributed by atoms with Gasteiger partial charge in [-0.2, -0.15) is 0 Å². The van der Waals surface area contributed by atoms with Crippen LogP contribution in [0.3, 0.4) is 0 Å². The fourth-order valence-electron chi connectivity index (χ4n) is 4.32. The molecule has 1 atom stereocenters. The number of hydrogen-bond acceptors (Lipinski definition) is 0. The quantitative estimate of drug-likeness (QED) is 0.355. The first-order chi connectivity index (χ1) is 11.3. The van der Waals surface area contributed by atoms with Gasteiger partial charge in [0.15, 0.2) is 0 Å². The zero-order valence-corrected chi connectivity index (χ0v) is 21.0. The molecule has 0 aromatic rings. The third kappa shape index (κ3) is 3.09. The number of hydrogen-bond donors (Lipinski definition) is 0. The molecule has 1 unspecified atom stereocenters. The van der Waals surface area contributed by atoms with Crippen LogP contribution in [0.4, 0.5) is 0 Å². The van der Waals surface area contributed by atoms with Gasteiger partial charge in [0.2, 0.25) is 0 Å². The van der Waals surface area contributed by atoms with Gasteiger partial charge in [0.05, 0.1) is 0 Å². The number of allylic oxidation sites excluding steroid dienone is 12. The molecule has 0 amide bonds. The van der Waals surface area contributed by atoms with Gasteiger partial charge in [-0.15, -0.1) is 0 Å². The van der Waals surface area contributed by atoms with E-state index in [1.165, 1.54) is 36.8 Å². The molecule has 0 fully saturated rings. The molecule has 0 bridgehead atoms. The summed E-state index contributed by atoms with van der Waals surface area (Å²) in [6, 6.07) is 0. The van der Waals surface area contributed by atoms with E-state index in [-0.39, 0.29) is 0 Å². The summed E-state index contributed by atoms with van der Waals surface area (Å²) in [6.07, 6.45) is 12.3. The standard InChI is InChI=1S/C20H23Si.2ClH.Hf/c1-13-10-11-17-12-14(2)18(16-8-6-7-9-16)19(17)15(3)20(13)21(4)5;;;/h6-8,10-11,15H,9H2,1-5H3;2*1H;/q;;;+2/p-2. The molecule has 0 saturated heterocycles. The Kier molecular flexibility index (Phi) is 5.71. The van der Waals surface area contributed by atoms with E-state index in [2.05, 4.69) is 64.2 Å². The summed E-state index contributed by atoms with van der Waals surface area (Å²) in [4.78, 5) is 0. The summed E-state index contributed by atoms with van der Waals surface area (Å²) < 4.78 is 1.30. The first-order valence-electron chi connectivity index (χ1n) is 8.41. The van der Waals surface area contributed by atoms with Crippen LogP contribution in [-0.2, 0) is 19.1 Å². The van der Waals surface area contributed by atoms with Crippen molar-refractivity contribution in [2.45, 2.75) is 40.3 Å². The predicted molar refractivity (Wildman–Crippen MR) is 107 cm³/mol. The van der Waals surface area contributed by atoms with Crippen LogP contribution < -0.4 is 0 Å². The van der Waals surface area contributed by atoms with Crippen LogP contribution in [0.1, 0.15) is 27.2 Å². The Morgan fingerprint density at radius 3 is 2.38 bits per heavy atom.